The van der Waals surface area contributed by atoms with E-state index >= 15 is 0 Å². The van der Waals surface area contributed by atoms with Crippen LogP contribution in [0.4, 0.5) is 0 Å². The van der Waals surface area contributed by atoms with Gasteiger partial charge in [-0.1, -0.05) is 78.9 Å². The van der Waals surface area contributed by atoms with E-state index in [1.54, 1.807) is 7.05 Å². The van der Waals surface area contributed by atoms with Crippen LogP contribution < -0.4 is 10.7 Å². The van der Waals surface area contributed by atoms with E-state index in [0.717, 1.165) is 28.0 Å². The summed E-state index contributed by atoms with van der Waals surface area (Å²) in [7, 11) is 1.78. The standard InChI is InChI=1S/C27H31N3O/c1-7-12-22(17-18-31)24-21(5)29-26(20(4)16-15-19(3)8-2)25(27(24)30-28-6)23-13-10-9-11-14-23/h7-16,25-26,28-29,31H,2,5H2,1,3-4,6H3/b12-7-,19-15-,20-16+,24-22-,30-27+. The molecule has 0 aromatic heterocycles. The van der Waals surface area contributed by atoms with Gasteiger partial charge in [-0.25, -0.2) is 0 Å². The zero-order valence-corrected chi connectivity index (χ0v) is 18.7. The Morgan fingerprint density at radius 1 is 1.23 bits per heavy atom. The molecule has 1 fully saturated rings. The predicted molar refractivity (Wildman–Crippen MR) is 131 cm³/mol. The summed E-state index contributed by atoms with van der Waals surface area (Å²) in [6.07, 6.45) is 11.8. The van der Waals surface area contributed by atoms with Crippen molar-refractivity contribution in [2.75, 3.05) is 7.05 Å². The number of allylic oxidation sites excluding steroid dienone is 8. The molecule has 1 aliphatic heterocycles. The zero-order valence-electron chi connectivity index (χ0n) is 18.7. The van der Waals surface area contributed by atoms with Crippen LogP contribution in [0.1, 0.15) is 32.3 Å². The molecule has 31 heavy (non-hydrogen) atoms. The van der Waals surface area contributed by atoms with E-state index < -0.39 is 0 Å². The molecular weight excluding hydrogens is 382 g/mol. The number of piperidine rings is 1. The van der Waals surface area contributed by atoms with Crippen LogP contribution in [0.3, 0.4) is 0 Å². The fourth-order valence-electron chi connectivity index (χ4n) is 3.59. The van der Waals surface area contributed by atoms with Crippen molar-refractivity contribution in [3.8, 4) is 12.0 Å². The van der Waals surface area contributed by atoms with E-state index in [2.05, 4.69) is 66.1 Å². The van der Waals surface area contributed by atoms with Gasteiger partial charge < -0.3 is 15.8 Å². The highest BCUT2D eigenvalue weighted by Crippen LogP contribution is 2.36. The van der Waals surface area contributed by atoms with Crippen LogP contribution in [0, 0.1) is 12.0 Å². The lowest BCUT2D eigenvalue weighted by Gasteiger charge is -2.38. The number of nitrogens with zero attached hydrogens (tertiary/aromatic N) is 1. The summed E-state index contributed by atoms with van der Waals surface area (Å²) < 4.78 is 0. The minimum absolute atomic E-state index is 0.0615. The van der Waals surface area contributed by atoms with E-state index in [1.807, 2.05) is 56.4 Å². The Balaban J connectivity index is 2.78. The number of hydrogen-bond acceptors (Lipinski definition) is 4. The van der Waals surface area contributed by atoms with Crippen LogP contribution in [0.2, 0.25) is 0 Å². The van der Waals surface area contributed by atoms with Gasteiger partial charge in [0.25, 0.3) is 0 Å². The van der Waals surface area contributed by atoms with E-state index in [1.165, 1.54) is 0 Å². The SMILES string of the molecule is C=C/C(C)=C\C=C(/C)C1NC(=C)C(=C(C#CO)\C=C/C)/C(=N\NC)C1c1ccccc1. The molecule has 1 aromatic carbocycles. The minimum atomic E-state index is -0.0939. The number of benzene rings is 1. The van der Waals surface area contributed by atoms with Gasteiger partial charge in [0.1, 0.15) is 6.11 Å². The molecule has 2 rings (SSSR count). The van der Waals surface area contributed by atoms with E-state index in [0.29, 0.717) is 11.3 Å². The number of aliphatic hydroxyl groups excluding tert-OH is 1. The second kappa shape index (κ2) is 11.5. The fourth-order valence-corrected chi connectivity index (χ4v) is 3.59. The maximum atomic E-state index is 9.31. The predicted octanol–water partition coefficient (Wildman–Crippen LogP) is 5.12. The van der Waals surface area contributed by atoms with Crippen LogP contribution in [0.15, 0.2) is 107 Å². The highest BCUT2D eigenvalue weighted by atomic mass is 16.2. The molecule has 1 aliphatic rings. The van der Waals surface area contributed by atoms with Gasteiger partial charge in [0.05, 0.1) is 17.7 Å². The lowest BCUT2D eigenvalue weighted by atomic mass is 9.76. The molecule has 1 aromatic rings. The number of rotatable bonds is 6. The van der Waals surface area contributed by atoms with Gasteiger partial charge in [-0.15, -0.1) is 0 Å². The third-order valence-electron chi connectivity index (χ3n) is 5.12. The average molecular weight is 414 g/mol. The summed E-state index contributed by atoms with van der Waals surface area (Å²) in [4.78, 5) is 0. The van der Waals surface area contributed by atoms with Gasteiger partial charge in [-0.3, -0.25) is 0 Å². The van der Waals surface area contributed by atoms with Crippen molar-refractivity contribution < 1.29 is 5.11 Å². The van der Waals surface area contributed by atoms with Gasteiger partial charge in [-0.2, -0.15) is 5.10 Å². The molecule has 1 heterocycles. The summed E-state index contributed by atoms with van der Waals surface area (Å²) in [6.45, 7) is 14.1. The molecule has 2 unspecified atom stereocenters. The van der Waals surface area contributed by atoms with E-state index in [9.17, 15) is 5.11 Å². The van der Waals surface area contributed by atoms with Crippen LogP contribution in [-0.4, -0.2) is 23.9 Å². The molecule has 1 saturated heterocycles. The molecule has 0 amide bonds. The summed E-state index contributed by atoms with van der Waals surface area (Å²) in [5, 5.41) is 17.5. The summed E-state index contributed by atoms with van der Waals surface area (Å²) in [5.41, 5.74) is 9.25. The molecule has 4 heteroatoms. The molecule has 0 bridgehead atoms. The highest BCUT2D eigenvalue weighted by Gasteiger charge is 2.38. The van der Waals surface area contributed by atoms with Crippen LogP contribution >= 0.6 is 0 Å². The van der Waals surface area contributed by atoms with Crippen molar-refractivity contribution in [1.29, 1.82) is 0 Å². The number of hydrazone groups is 1. The van der Waals surface area contributed by atoms with Gasteiger partial charge >= 0.3 is 0 Å². The first kappa shape index (κ1) is 23.6. The molecule has 0 spiro atoms. The Kier molecular flexibility index (Phi) is 8.72. The van der Waals surface area contributed by atoms with Crippen molar-refractivity contribution in [2.45, 2.75) is 32.7 Å². The Morgan fingerprint density at radius 3 is 2.52 bits per heavy atom. The normalized spacial score (nSPS) is 22.6. The smallest absolute Gasteiger partial charge is 0.113 e. The molecular formula is C27H31N3O. The fraction of sp³-hybridized carbons (Fsp3) is 0.222. The zero-order chi connectivity index (χ0) is 22.8. The van der Waals surface area contributed by atoms with Crippen molar-refractivity contribution >= 4 is 5.71 Å². The molecule has 2 atom stereocenters. The number of aliphatic hydroxyl groups is 1. The molecule has 0 radical (unpaired) electrons. The van der Waals surface area contributed by atoms with Crippen molar-refractivity contribution in [1.82, 2.24) is 10.7 Å². The van der Waals surface area contributed by atoms with Gasteiger partial charge in [0.15, 0.2) is 0 Å². The third-order valence-corrected chi connectivity index (χ3v) is 5.12. The molecule has 0 saturated carbocycles. The van der Waals surface area contributed by atoms with E-state index in [4.69, 9.17) is 0 Å². The second-order valence-electron chi connectivity index (χ2n) is 7.26. The summed E-state index contributed by atoms with van der Waals surface area (Å²) in [5.74, 6) is 2.70. The topological polar surface area (TPSA) is 56.6 Å². The lowest BCUT2D eigenvalue weighted by molar-refractivity contribution is 0.517. The molecule has 3 N–H and O–H groups in total. The summed E-state index contributed by atoms with van der Waals surface area (Å²) in [6, 6.07) is 10.2. The van der Waals surface area contributed by atoms with E-state index in [-0.39, 0.29) is 12.0 Å². The first-order valence-corrected chi connectivity index (χ1v) is 10.2. The summed E-state index contributed by atoms with van der Waals surface area (Å²) >= 11 is 0. The Bertz CT molecular complexity index is 1030. The Morgan fingerprint density at radius 2 is 1.94 bits per heavy atom. The minimum Gasteiger partial charge on any atom is -0.462 e. The molecule has 160 valence electrons. The maximum absolute atomic E-state index is 9.31. The maximum Gasteiger partial charge on any atom is 0.113 e. The van der Waals surface area contributed by atoms with Crippen LogP contribution in [-0.2, 0) is 0 Å². The van der Waals surface area contributed by atoms with Crippen LogP contribution in [0.25, 0.3) is 0 Å². The quantitative estimate of drug-likeness (QED) is 0.345. The molecule has 4 nitrogen and oxygen atoms in total. The third kappa shape index (κ3) is 5.67. The van der Waals surface area contributed by atoms with Gasteiger partial charge in [-0.05, 0) is 38.3 Å². The monoisotopic (exact) mass is 413 g/mol. The number of hydrogen-bond donors (Lipinski definition) is 3. The average Bonchev–Trinajstić information content (AvgIpc) is 2.77. The Labute approximate surface area is 186 Å². The first-order chi connectivity index (χ1) is 15.0. The van der Waals surface area contributed by atoms with Gasteiger partial charge in [0, 0.05) is 23.9 Å². The highest BCUT2D eigenvalue weighted by molar-refractivity contribution is 6.11. The van der Waals surface area contributed by atoms with Crippen molar-refractivity contribution in [3.63, 3.8) is 0 Å². The van der Waals surface area contributed by atoms with Crippen molar-refractivity contribution in [3.05, 3.63) is 107 Å². The van der Waals surface area contributed by atoms with Gasteiger partial charge in [0.2, 0.25) is 0 Å². The molecule has 0 aliphatic carbocycles. The van der Waals surface area contributed by atoms with Crippen LogP contribution in [0.5, 0.6) is 0 Å². The van der Waals surface area contributed by atoms with Crippen molar-refractivity contribution in [2.24, 2.45) is 5.10 Å². The second-order valence-corrected chi connectivity index (χ2v) is 7.26. The lowest BCUT2D eigenvalue weighted by Crippen LogP contribution is -2.46. The first-order valence-electron chi connectivity index (χ1n) is 10.2. The Hall–Kier alpha value is -3.71. The largest absolute Gasteiger partial charge is 0.462 e. The number of nitrogens with one attached hydrogen (secondary N) is 2.